The summed E-state index contributed by atoms with van der Waals surface area (Å²) in [6.45, 7) is -0.0873. The number of hydrogen-bond donors (Lipinski definition) is 1. The number of carbonyl (C=O) groups excluding carboxylic acids is 1. The molecule has 112 valence electrons. The Bertz CT molecular complexity index is 908. The Morgan fingerprint density at radius 1 is 1.41 bits per heavy atom. The average molecular weight is 333 g/mol. The van der Waals surface area contributed by atoms with E-state index in [0.717, 1.165) is 17.8 Å². The Morgan fingerprint density at radius 3 is 3.09 bits per heavy atom. The van der Waals surface area contributed by atoms with Gasteiger partial charge in [-0.15, -0.1) is 21.5 Å². The van der Waals surface area contributed by atoms with Crippen LogP contribution in [0.1, 0.15) is 23.8 Å². The molecular weight excluding hydrogens is 322 g/mol. The van der Waals surface area contributed by atoms with Gasteiger partial charge in [-0.1, -0.05) is 11.3 Å². The molecule has 3 aromatic rings. The minimum atomic E-state index is -0.308. The standard InChI is InChI=1S/C13H11N5O2S2/c19-9(15-13-17-16-10(22-13)7-1-2-7)5-18-6-14-11-8(12(18)20)3-4-21-11/h3-4,6-7H,1-2,5H2,(H,15,17,19). The molecule has 1 fully saturated rings. The van der Waals surface area contributed by atoms with Gasteiger partial charge in [-0.25, -0.2) is 4.98 Å². The smallest absolute Gasteiger partial charge is 0.262 e. The average Bonchev–Trinajstić information content (AvgIpc) is 3.05. The summed E-state index contributed by atoms with van der Waals surface area (Å²) in [6, 6.07) is 1.72. The zero-order chi connectivity index (χ0) is 15.1. The van der Waals surface area contributed by atoms with Crippen molar-refractivity contribution in [1.29, 1.82) is 0 Å². The van der Waals surface area contributed by atoms with Crippen LogP contribution in [0.5, 0.6) is 0 Å². The molecule has 1 N–H and O–H groups in total. The molecular formula is C13H11N5O2S2. The van der Waals surface area contributed by atoms with Crippen LogP contribution >= 0.6 is 22.7 Å². The van der Waals surface area contributed by atoms with E-state index < -0.39 is 0 Å². The predicted octanol–water partition coefficient (Wildman–Crippen LogP) is 1.83. The number of amides is 1. The summed E-state index contributed by atoms with van der Waals surface area (Å²) in [7, 11) is 0. The largest absolute Gasteiger partial charge is 0.299 e. The van der Waals surface area contributed by atoms with Crippen molar-refractivity contribution in [2.24, 2.45) is 0 Å². The lowest BCUT2D eigenvalue weighted by atomic mass is 10.4. The molecule has 0 aliphatic heterocycles. The summed E-state index contributed by atoms with van der Waals surface area (Å²) in [4.78, 5) is 29.1. The molecule has 3 heterocycles. The Labute approximate surface area is 132 Å². The van der Waals surface area contributed by atoms with Crippen molar-refractivity contribution in [2.45, 2.75) is 25.3 Å². The van der Waals surface area contributed by atoms with E-state index in [1.54, 1.807) is 6.07 Å². The van der Waals surface area contributed by atoms with Crippen LogP contribution < -0.4 is 10.9 Å². The molecule has 0 aromatic carbocycles. The van der Waals surface area contributed by atoms with Gasteiger partial charge < -0.3 is 0 Å². The fourth-order valence-electron chi connectivity index (χ4n) is 2.10. The zero-order valence-electron chi connectivity index (χ0n) is 11.4. The van der Waals surface area contributed by atoms with Gasteiger partial charge in [-0.2, -0.15) is 0 Å². The monoisotopic (exact) mass is 333 g/mol. The van der Waals surface area contributed by atoms with Gasteiger partial charge in [0.1, 0.15) is 16.4 Å². The van der Waals surface area contributed by atoms with E-state index in [2.05, 4.69) is 20.5 Å². The molecule has 0 unspecified atom stereocenters. The van der Waals surface area contributed by atoms with E-state index in [4.69, 9.17) is 0 Å². The van der Waals surface area contributed by atoms with Gasteiger partial charge in [-0.3, -0.25) is 19.5 Å². The summed E-state index contributed by atoms with van der Waals surface area (Å²) in [5.41, 5.74) is -0.211. The highest BCUT2D eigenvalue weighted by Crippen LogP contribution is 2.41. The fourth-order valence-corrected chi connectivity index (χ4v) is 3.75. The van der Waals surface area contributed by atoms with E-state index in [0.29, 0.717) is 21.3 Å². The van der Waals surface area contributed by atoms with Crippen molar-refractivity contribution >= 4 is 43.9 Å². The van der Waals surface area contributed by atoms with Crippen LogP contribution in [0.4, 0.5) is 5.13 Å². The maximum atomic E-state index is 12.2. The van der Waals surface area contributed by atoms with Crippen LogP contribution in [0.25, 0.3) is 10.2 Å². The van der Waals surface area contributed by atoms with Gasteiger partial charge in [0.15, 0.2) is 0 Å². The van der Waals surface area contributed by atoms with Gasteiger partial charge in [0, 0.05) is 5.92 Å². The molecule has 1 amide bonds. The van der Waals surface area contributed by atoms with Gasteiger partial charge in [0.25, 0.3) is 5.56 Å². The number of aromatic nitrogens is 4. The number of nitrogens with zero attached hydrogens (tertiary/aromatic N) is 4. The Balaban J connectivity index is 1.50. The number of carbonyl (C=O) groups is 1. The molecule has 0 atom stereocenters. The maximum Gasteiger partial charge on any atom is 0.262 e. The number of fused-ring (bicyclic) bond motifs is 1. The molecule has 0 radical (unpaired) electrons. The van der Waals surface area contributed by atoms with Crippen molar-refractivity contribution in [3.8, 4) is 0 Å². The lowest BCUT2D eigenvalue weighted by Crippen LogP contribution is -2.27. The van der Waals surface area contributed by atoms with Crippen molar-refractivity contribution in [3.63, 3.8) is 0 Å². The topological polar surface area (TPSA) is 89.8 Å². The van der Waals surface area contributed by atoms with E-state index in [1.165, 1.54) is 33.6 Å². The van der Waals surface area contributed by atoms with Crippen molar-refractivity contribution in [2.75, 3.05) is 5.32 Å². The highest BCUT2D eigenvalue weighted by Gasteiger charge is 2.27. The SMILES string of the molecule is O=C(Cn1cnc2sccc2c1=O)Nc1nnc(C2CC2)s1. The van der Waals surface area contributed by atoms with Crippen LogP contribution in [0.3, 0.4) is 0 Å². The van der Waals surface area contributed by atoms with Crippen LogP contribution in [-0.2, 0) is 11.3 Å². The van der Waals surface area contributed by atoms with E-state index >= 15 is 0 Å². The van der Waals surface area contributed by atoms with Crippen LogP contribution in [0.15, 0.2) is 22.6 Å². The van der Waals surface area contributed by atoms with E-state index in [9.17, 15) is 9.59 Å². The molecule has 22 heavy (non-hydrogen) atoms. The summed E-state index contributed by atoms with van der Waals surface area (Å²) in [5.74, 6) is 0.202. The minimum Gasteiger partial charge on any atom is -0.299 e. The number of thiophene rings is 1. The Kier molecular flexibility index (Phi) is 3.23. The van der Waals surface area contributed by atoms with Gasteiger partial charge in [0.2, 0.25) is 11.0 Å². The molecule has 0 bridgehead atoms. The fraction of sp³-hybridized carbons (Fsp3) is 0.308. The van der Waals surface area contributed by atoms with Crippen LogP contribution in [0, 0.1) is 0 Å². The lowest BCUT2D eigenvalue weighted by molar-refractivity contribution is -0.116. The summed E-state index contributed by atoms with van der Waals surface area (Å²) < 4.78 is 1.30. The van der Waals surface area contributed by atoms with Crippen molar-refractivity contribution in [1.82, 2.24) is 19.7 Å². The van der Waals surface area contributed by atoms with Crippen LogP contribution in [-0.4, -0.2) is 25.7 Å². The third kappa shape index (κ3) is 2.53. The Hall–Kier alpha value is -2.13. The molecule has 4 rings (SSSR count). The summed E-state index contributed by atoms with van der Waals surface area (Å²) in [6.07, 6.45) is 3.69. The highest BCUT2D eigenvalue weighted by atomic mass is 32.1. The third-order valence-corrected chi connectivity index (χ3v) is 5.20. The quantitative estimate of drug-likeness (QED) is 0.786. The summed E-state index contributed by atoms with van der Waals surface area (Å²) >= 11 is 2.80. The predicted molar refractivity (Wildman–Crippen MR) is 84.4 cm³/mol. The number of rotatable bonds is 4. The van der Waals surface area contributed by atoms with Crippen molar-refractivity contribution < 1.29 is 4.79 Å². The first kappa shape index (κ1) is 13.5. The Morgan fingerprint density at radius 2 is 2.27 bits per heavy atom. The molecule has 1 aliphatic carbocycles. The first-order valence-corrected chi connectivity index (χ1v) is 8.46. The number of nitrogens with one attached hydrogen (secondary N) is 1. The summed E-state index contributed by atoms with van der Waals surface area (Å²) in [5, 5.41) is 14.5. The third-order valence-electron chi connectivity index (χ3n) is 3.38. The highest BCUT2D eigenvalue weighted by molar-refractivity contribution is 7.16. The van der Waals surface area contributed by atoms with E-state index in [-0.39, 0.29) is 18.0 Å². The lowest BCUT2D eigenvalue weighted by Gasteiger charge is -2.04. The van der Waals surface area contributed by atoms with Crippen molar-refractivity contribution in [3.05, 3.63) is 33.1 Å². The second kappa shape index (κ2) is 5.25. The molecule has 0 saturated heterocycles. The van der Waals surface area contributed by atoms with Gasteiger partial charge in [0.05, 0.1) is 11.7 Å². The first-order chi connectivity index (χ1) is 10.7. The van der Waals surface area contributed by atoms with Gasteiger partial charge >= 0.3 is 0 Å². The van der Waals surface area contributed by atoms with E-state index in [1.807, 2.05) is 5.38 Å². The number of anilines is 1. The minimum absolute atomic E-state index is 0.0873. The first-order valence-electron chi connectivity index (χ1n) is 6.76. The van der Waals surface area contributed by atoms with Crippen LogP contribution in [0.2, 0.25) is 0 Å². The normalized spacial score (nSPS) is 14.4. The second-order valence-electron chi connectivity index (χ2n) is 5.08. The zero-order valence-corrected chi connectivity index (χ0v) is 13.0. The second-order valence-corrected chi connectivity index (χ2v) is 6.99. The maximum absolute atomic E-state index is 12.2. The molecule has 1 aliphatic rings. The molecule has 7 nitrogen and oxygen atoms in total. The molecule has 3 aromatic heterocycles. The van der Waals surface area contributed by atoms with Gasteiger partial charge in [-0.05, 0) is 24.3 Å². The molecule has 0 spiro atoms. The number of hydrogen-bond acceptors (Lipinski definition) is 7. The molecule has 1 saturated carbocycles. The molecule has 9 heteroatoms.